The number of carbonyl (C=O) groups excluding carboxylic acids is 1. The first-order chi connectivity index (χ1) is 7.50. The second kappa shape index (κ2) is 3.41. The number of aryl methyl sites for hydroxylation is 1. The number of benzene rings is 1. The van der Waals surface area contributed by atoms with E-state index in [1.54, 1.807) is 13.0 Å². The van der Waals surface area contributed by atoms with E-state index in [4.69, 9.17) is 0 Å². The molecule has 16 heavy (non-hydrogen) atoms. The molecule has 0 spiro atoms. The van der Waals surface area contributed by atoms with Crippen molar-refractivity contribution >= 4 is 22.5 Å². The molecule has 0 aliphatic rings. The number of nitrogens with zero attached hydrogens (tertiary/aromatic N) is 3. The summed E-state index contributed by atoms with van der Waals surface area (Å²) in [5.41, 5.74) is 1.01. The fourth-order valence-corrected chi connectivity index (χ4v) is 1.62. The summed E-state index contributed by atoms with van der Waals surface area (Å²) in [6, 6.07) is 3.03. The van der Waals surface area contributed by atoms with E-state index in [1.807, 2.05) is 0 Å². The molecule has 1 aromatic heterocycles. The Hall–Kier alpha value is -2.24. The van der Waals surface area contributed by atoms with Crippen molar-refractivity contribution in [1.82, 2.24) is 9.78 Å². The summed E-state index contributed by atoms with van der Waals surface area (Å²) in [7, 11) is 0. The Bertz CT molecular complexity index is 601. The van der Waals surface area contributed by atoms with Crippen molar-refractivity contribution in [2.75, 3.05) is 0 Å². The van der Waals surface area contributed by atoms with E-state index in [0.717, 1.165) is 10.1 Å². The molecule has 2 aromatic rings. The average Bonchev–Trinajstić information content (AvgIpc) is 2.58. The topological polar surface area (TPSA) is 78.0 Å². The Morgan fingerprint density at radius 1 is 1.50 bits per heavy atom. The molecule has 0 amide bonds. The van der Waals surface area contributed by atoms with Crippen LogP contribution >= 0.6 is 0 Å². The standard InChI is InChI=1S/C10H9N3O3/c1-6-3-8-5-11-12(7(2)14)10(8)4-9(6)13(15)16/h3-5H,1-2H3. The maximum Gasteiger partial charge on any atom is 0.274 e. The predicted molar refractivity (Wildman–Crippen MR) is 57.4 cm³/mol. The van der Waals surface area contributed by atoms with E-state index < -0.39 is 4.92 Å². The van der Waals surface area contributed by atoms with Gasteiger partial charge in [-0.25, -0.2) is 4.68 Å². The number of nitro benzene ring substituents is 1. The summed E-state index contributed by atoms with van der Waals surface area (Å²) in [6.45, 7) is 3.01. The minimum Gasteiger partial charge on any atom is -0.273 e. The molecule has 0 N–H and O–H groups in total. The van der Waals surface area contributed by atoms with Crippen LogP contribution < -0.4 is 0 Å². The van der Waals surface area contributed by atoms with Crippen LogP contribution in [0.3, 0.4) is 0 Å². The van der Waals surface area contributed by atoms with Crippen LogP contribution in [-0.4, -0.2) is 20.6 Å². The predicted octanol–water partition coefficient (Wildman–Crippen LogP) is 1.91. The summed E-state index contributed by atoms with van der Waals surface area (Å²) < 4.78 is 1.15. The normalized spacial score (nSPS) is 10.6. The Balaban J connectivity index is 2.79. The molecule has 2 rings (SSSR count). The lowest BCUT2D eigenvalue weighted by Gasteiger charge is -1.99. The minimum atomic E-state index is -0.466. The van der Waals surface area contributed by atoms with E-state index in [2.05, 4.69) is 5.10 Å². The number of rotatable bonds is 1. The Labute approximate surface area is 90.6 Å². The van der Waals surface area contributed by atoms with Crippen molar-refractivity contribution in [1.29, 1.82) is 0 Å². The lowest BCUT2D eigenvalue weighted by molar-refractivity contribution is -0.385. The van der Waals surface area contributed by atoms with Gasteiger partial charge in [0.25, 0.3) is 5.69 Å². The second-order valence-electron chi connectivity index (χ2n) is 3.53. The van der Waals surface area contributed by atoms with Gasteiger partial charge in [0.2, 0.25) is 5.91 Å². The summed E-state index contributed by atoms with van der Waals surface area (Å²) in [4.78, 5) is 21.5. The average molecular weight is 219 g/mol. The zero-order valence-electron chi connectivity index (χ0n) is 8.80. The first-order valence-electron chi connectivity index (χ1n) is 4.64. The number of carbonyl (C=O) groups is 1. The number of fused-ring (bicyclic) bond motifs is 1. The van der Waals surface area contributed by atoms with Crippen LogP contribution in [0.1, 0.15) is 17.3 Å². The van der Waals surface area contributed by atoms with Crippen LogP contribution in [0.15, 0.2) is 18.3 Å². The highest BCUT2D eigenvalue weighted by atomic mass is 16.6. The monoisotopic (exact) mass is 219 g/mol. The van der Waals surface area contributed by atoms with E-state index in [1.165, 1.54) is 19.2 Å². The van der Waals surface area contributed by atoms with Crippen LogP contribution in [0.4, 0.5) is 5.69 Å². The summed E-state index contributed by atoms with van der Waals surface area (Å²) in [5.74, 6) is -0.270. The zero-order valence-corrected chi connectivity index (χ0v) is 8.80. The molecule has 0 radical (unpaired) electrons. The third kappa shape index (κ3) is 1.44. The van der Waals surface area contributed by atoms with Gasteiger partial charge >= 0.3 is 0 Å². The lowest BCUT2D eigenvalue weighted by atomic mass is 10.1. The van der Waals surface area contributed by atoms with Gasteiger partial charge in [-0.2, -0.15) is 5.10 Å². The molecular formula is C10H9N3O3. The van der Waals surface area contributed by atoms with E-state index in [9.17, 15) is 14.9 Å². The third-order valence-corrected chi connectivity index (χ3v) is 2.38. The van der Waals surface area contributed by atoms with Crippen molar-refractivity contribution < 1.29 is 9.72 Å². The van der Waals surface area contributed by atoms with Gasteiger partial charge < -0.3 is 0 Å². The summed E-state index contributed by atoms with van der Waals surface area (Å²) in [6.07, 6.45) is 1.52. The highest BCUT2D eigenvalue weighted by Crippen LogP contribution is 2.24. The zero-order chi connectivity index (χ0) is 11.9. The van der Waals surface area contributed by atoms with E-state index in [0.29, 0.717) is 11.1 Å². The molecule has 0 fully saturated rings. The van der Waals surface area contributed by atoms with Crippen LogP contribution in [0.5, 0.6) is 0 Å². The molecular weight excluding hydrogens is 210 g/mol. The van der Waals surface area contributed by atoms with Crippen molar-refractivity contribution in [3.05, 3.63) is 34.0 Å². The Kier molecular flexibility index (Phi) is 2.19. The molecule has 0 atom stereocenters. The van der Waals surface area contributed by atoms with Gasteiger partial charge in [0.1, 0.15) is 0 Å². The quantitative estimate of drug-likeness (QED) is 0.542. The highest BCUT2D eigenvalue weighted by molar-refractivity contribution is 5.91. The van der Waals surface area contributed by atoms with Gasteiger partial charge in [0.15, 0.2) is 0 Å². The van der Waals surface area contributed by atoms with Gasteiger partial charge in [-0.3, -0.25) is 14.9 Å². The maximum absolute atomic E-state index is 11.2. The van der Waals surface area contributed by atoms with Crippen LogP contribution in [0, 0.1) is 17.0 Å². The molecule has 1 heterocycles. The Morgan fingerprint density at radius 2 is 2.19 bits per heavy atom. The molecule has 1 aromatic carbocycles. The first-order valence-corrected chi connectivity index (χ1v) is 4.64. The fourth-order valence-electron chi connectivity index (χ4n) is 1.62. The fraction of sp³-hybridized carbons (Fsp3) is 0.200. The minimum absolute atomic E-state index is 0.00417. The molecule has 0 unspecified atom stereocenters. The van der Waals surface area contributed by atoms with Gasteiger partial charge in [0.05, 0.1) is 16.6 Å². The smallest absolute Gasteiger partial charge is 0.273 e. The molecule has 0 saturated carbocycles. The van der Waals surface area contributed by atoms with Crippen molar-refractivity contribution in [2.24, 2.45) is 0 Å². The molecule has 82 valence electrons. The highest BCUT2D eigenvalue weighted by Gasteiger charge is 2.15. The molecule has 0 bridgehead atoms. The second-order valence-corrected chi connectivity index (χ2v) is 3.53. The number of hydrogen-bond donors (Lipinski definition) is 0. The number of hydrogen-bond acceptors (Lipinski definition) is 4. The molecule has 0 saturated heterocycles. The summed E-state index contributed by atoms with van der Waals surface area (Å²) in [5, 5.41) is 15.4. The van der Waals surface area contributed by atoms with Crippen molar-refractivity contribution in [3.8, 4) is 0 Å². The van der Waals surface area contributed by atoms with Gasteiger partial charge in [-0.15, -0.1) is 0 Å². The van der Waals surface area contributed by atoms with Gasteiger partial charge in [-0.05, 0) is 13.0 Å². The van der Waals surface area contributed by atoms with Gasteiger partial charge in [0, 0.05) is 23.9 Å². The molecule has 0 aliphatic carbocycles. The SMILES string of the molecule is CC(=O)n1ncc2cc(C)c([N+](=O)[O-])cc21. The first kappa shape index (κ1) is 10.3. The number of nitro groups is 1. The Morgan fingerprint density at radius 3 is 2.75 bits per heavy atom. The molecule has 0 aliphatic heterocycles. The van der Waals surface area contributed by atoms with Crippen LogP contribution in [0.25, 0.3) is 10.9 Å². The maximum atomic E-state index is 11.2. The van der Waals surface area contributed by atoms with Gasteiger partial charge in [-0.1, -0.05) is 0 Å². The van der Waals surface area contributed by atoms with E-state index in [-0.39, 0.29) is 11.6 Å². The molecule has 6 heteroatoms. The largest absolute Gasteiger partial charge is 0.274 e. The van der Waals surface area contributed by atoms with Crippen molar-refractivity contribution in [3.63, 3.8) is 0 Å². The summed E-state index contributed by atoms with van der Waals surface area (Å²) >= 11 is 0. The van der Waals surface area contributed by atoms with Crippen LogP contribution in [0.2, 0.25) is 0 Å². The van der Waals surface area contributed by atoms with Crippen molar-refractivity contribution in [2.45, 2.75) is 13.8 Å². The number of aromatic nitrogens is 2. The lowest BCUT2D eigenvalue weighted by Crippen LogP contribution is -2.07. The third-order valence-electron chi connectivity index (χ3n) is 2.38. The molecule has 6 nitrogen and oxygen atoms in total. The van der Waals surface area contributed by atoms with E-state index >= 15 is 0 Å². The van der Waals surface area contributed by atoms with Crippen LogP contribution in [-0.2, 0) is 0 Å².